The second kappa shape index (κ2) is 6.12. The first-order chi connectivity index (χ1) is 11.1. The first-order valence-electron chi connectivity index (χ1n) is 7.45. The summed E-state index contributed by atoms with van der Waals surface area (Å²) in [6.07, 6.45) is 2.40. The molecular weight excluding hydrogens is 298 g/mol. The number of fused-ring (bicyclic) bond motifs is 1. The molecule has 1 saturated heterocycles. The number of nitrogens with one attached hydrogen (secondary N) is 2. The fourth-order valence-corrected chi connectivity index (χ4v) is 2.82. The molecule has 0 aliphatic carbocycles. The van der Waals surface area contributed by atoms with Gasteiger partial charge in [-0.2, -0.15) is 0 Å². The zero-order valence-electron chi connectivity index (χ0n) is 12.4. The van der Waals surface area contributed by atoms with Crippen LogP contribution < -0.4 is 5.32 Å². The predicted octanol–water partition coefficient (Wildman–Crippen LogP) is 1.50. The van der Waals surface area contributed by atoms with Gasteiger partial charge in [0.25, 0.3) is 5.91 Å². The molecule has 1 atom stereocenters. The van der Waals surface area contributed by atoms with Crippen molar-refractivity contribution in [1.29, 1.82) is 0 Å². The monoisotopic (exact) mass is 315 g/mol. The Kier molecular flexibility index (Phi) is 4.01. The van der Waals surface area contributed by atoms with Crippen LogP contribution in [0.2, 0.25) is 0 Å². The summed E-state index contributed by atoms with van der Waals surface area (Å²) in [4.78, 5) is 39.0. The number of benzene rings is 1. The highest BCUT2D eigenvalue weighted by molar-refractivity contribution is 6.04. The molecule has 2 heterocycles. The van der Waals surface area contributed by atoms with Crippen LogP contribution in [-0.4, -0.2) is 45.5 Å². The van der Waals surface area contributed by atoms with Gasteiger partial charge in [0, 0.05) is 30.1 Å². The van der Waals surface area contributed by atoms with Gasteiger partial charge in [-0.3, -0.25) is 14.5 Å². The summed E-state index contributed by atoms with van der Waals surface area (Å²) in [5, 5.41) is 12.3. The van der Waals surface area contributed by atoms with Gasteiger partial charge in [-0.15, -0.1) is 0 Å². The fourth-order valence-electron chi connectivity index (χ4n) is 2.82. The number of nitrogens with zero attached hydrogens (tertiary/aromatic N) is 1. The molecule has 0 spiro atoms. The third-order valence-electron chi connectivity index (χ3n) is 4.03. The molecule has 23 heavy (non-hydrogen) atoms. The highest BCUT2D eigenvalue weighted by atomic mass is 16.4. The van der Waals surface area contributed by atoms with Gasteiger partial charge in [-0.25, -0.2) is 4.79 Å². The summed E-state index contributed by atoms with van der Waals surface area (Å²) >= 11 is 0. The number of aromatic amines is 1. The Hall–Kier alpha value is -2.83. The fraction of sp³-hybridized carbons (Fsp3) is 0.312. The Bertz CT molecular complexity index is 768. The molecule has 0 radical (unpaired) electrons. The minimum atomic E-state index is -0.982. The van der Waals surface area contributed by atoms with Gasteiger partial charge < -0.3 is 15.4 Å². The molecule has 1 fully saturated rings. The lowest BCUT2D eigenvalue weighted by atomic mass is 10.1. The molecule has 0 unspecified atom stereocenters. The molecule has 1 aromatic carbocycles. The average Bonchev–Trinajstić information content (AvgIpc) is 3.05. The van der Waals surface area contributed by atoms with Gasteiger partial charge in [0.1, 0.15) is 6.04 Å². The van der Waals surface area contributed by atoms with Crippen LogP contribution in [0.3, 0.4) is 0 Å². The number of rotatable bonds is 6. The zero-order chi connectivity index (χ0) is 16.4. The molecular formula is C16H17N3O4. The zero-order valence-corrected chi connectivity index (χ0v) is 12.4. The number of carboxylic acids is 1. The van der Waals surface area contributed by atoms with Crippen LogP contribution in [0, 0.1) is 0 Å². The molecule has 0 saturated carbocycles. The number of urea groups is 1. The molecule has 1 aromatic heterocycles. The quantitative estimate of drug-likeness (QED) is 0.703. The second-order valence-electron chi connectivity index (χ2n) is 5.53. The maximum Gasteiger partial charge on any atom is 0.324 e. The van der Waals surface area contributed by atoms with E-state index in [2.05, 4.69) is 10.3 Å². The van der Waals surface area contributed by atoms with Gasteiger partial charge in [0.05, 0.1) is 0 Å². The first kappa shape index (κ1) is 15.1. The van der Waals surface area contributed by atoms with E-state index in [1.807, 2.05) is 30.5 Å². The number of aliphatic carboxylic acids is 1. The molecule has 1 aliphatic rings. The highest BCUT2D eigenvalue weighted by Crippen LogP contribution is 2.19. The average molecular weight is 315 g/mol. The smallest absolute Gasteiger partial charge is 0.324 e. The number of carbonyl (C=O) groups excluding carboxylic acids is 2. The number of amides is 3. The van der Waals surface area contributed by atoms with Gasteiger partial charge >= 0.3 is 12.0 Å². The molecule has 3 rings (SSSR count). The number of hydrogen-bond donors (Lipinski definition) is 3. The molecule has 1 aliphatic heterocycles. The molecule has 7 nitrogen and oxygen atoms in total. The maximum absolute atomic E-state index is 12.2. The van der Waals surface area contributed by atoms with E-state index < -0.39 is 18.0 Å². The molecule has 3 N–H and O–H groups in total. The lowest BCUT2D eigenvalue weighted by Gasteiger charge is -2.12. The van der Waals surface area contributed by atoms with Crippen LogP contribution in [-0.2, 0) is 16.0 Å². The van der Waals surface area contributed by atoms with E-state index in [1.54, 1.807) is 0 Å². The number of H-pyrrole nitrogens is 1. The van der Waals surface area contributed by atoms with Crippen LogP contribution in [0.5, 0.6) is 0 Å². The van der Waals surface area contributed by atoms with Crippen molar-refractivity contribution >= 4 is 28.8 Å². The standard InChI is InChI=1S/C16H17N3O4/c20-14(21)6-5-13-15(22)19(16(23)18-13)8-7-10-9-17-12-4-2-1-3-11(10)12/h1-4,9,13,17H,5-8H2,(H,18,23)(H,20,21)/t13-/m0/s1. The largest absolute Gasteiger partial charge is 0.481 e. The van der Waals surface area contributed by atoms with E-state index in [4.69, 9.17) is 5.11 Å². The van der Waals surface area contributed by atoms with E-state index in [-0.39, 0.29) is 25.3 Å². The van der Waals surface area contributed by atoms with Crippen molar-refractivity contribution in [2.45, 2.75) is 25.3 Å². The minimum Gasteiger partial charge on any atom is -0.481 e. The van der Waals surface area contributed by atoms with Crippen molar-refractivity contribution < 1.29 is 19.5 Å². The van der Waals surface area contributed by atoms with Crippen molar-refractivity contribution in [3.63, 3.8) is 0 Å². The normalized spacial score (nSPS) is 17.7. The van der Waals surface area contributed by atoms with Gasteiger partial charge in [0.2, 0.25) is 0 Å². The van der Waals surface area contributed by atoms with Crippen LogP contribution in [0.4, 0.5) is 4.79 Å². The molecule has 2 aromatic rings. The Labute approximate surface area is 132 Å². The third kappa shape index (κ3) is 3.03. The lowest BCUT2D eigenvalue weighted by molar-refractivity contribution is -0.137. The SMILES string of the molecule is O=C(O)CC[C@@H]1NC(=O)N(CCc2c[nH]c3ccccc23)C1=O. The van der Waals surface area contributed by atoms with Crippen molar-refractivity contribution in [2.24, 2.45) is 0 Å². The lowest BCUT2D eigenvalue weighted by Crippen LogP contribution is -2.33. The number of carbonyl (C=O) groups is 3. The molecule has 3 amide bonds. The van der Waals surface area contributed by atoms with E-state index >= 15 is 0 Å². The number of para-hydroxylation sites is 1. The molecule has 0 bridgehead atoms. The minimum absolute atomic E-state index is 0.115. The Morgan fingerprint density at radius 3 is 2.83 bits per heavy atom. The summed E-state index contributed by atoms with van der Waals surface area (Å²) < 4.78 is 0. The van der Waals surface area contributed by atoms with E-state index in [0.29, 0.717) is 6.42 Å². The third-order valence-corrected chi connectivity index (χ3v) is 4.03. The summed E-state index contributed by atoms with van der Waals surface area (Å²) in [5.74, 6) is -1.33. The van der Waals surface area contributed by atoms with E-state index in [1.165, 1.54) is 0 Å². The van der Waals surface area contributed by atoms with Crippen molar-refractivity contribution in [1.82, 2.24) is 15.2 Å². The molecule has 7 heteroatoms. The van der Waals surface area contributed by atoms with Crippen LogP contribution in [0.1, 0.15) is 18.4 Å². The Balaban J connectivity index is 1.65. The number of aromatic nitrogens is 1. The summed E-state index contributed by atoms with van der Waals surface area (Å²) in [6, 6.07) is 6.64. The second-order valence-corrected chi connectivity index (χ2v) is 5.53. The number of carboxylic acid groups (broad SMARTS) is 1. The van der Waals surface area contributed by atoms with E-state index in [9.17, 15) is 14.4 Å². The maximum atomic E-state index is 12.2. The van der Waals surface area contributed by atoms with Gasteiger partial charge in [-0.1, -0.05) is 18.2 Å². The topological polar surface area (TPSA) is 102 Å². The summed E-state index contributed by atoms with van der Waals surface area (Å²) in [5.41, 5.74) is 2.05. The highest BCUT2D eigenvalue weighted by Gasteiger charge is 2.37. The van der Waals surface area contributed by atoms with Crippen molar-refractivity contribution in [3.8, 4) is 0 Å². The first-order valence-corrected chi connectivity index (χ1v) is 7.45. The molecule has 120 valence electrons. The van der Waals surface area contributed by atoms with Gasteiger partial charge in [-0.05, 0) is 24.5 Å². The van der Waals surface area contributed by atoms with E-state index in [0.717, 1.165) is 21.4 Å². The summed E-state index contributed by atoms with van der Waals surface area (Å²) in [7, 11) is 0. The van der Waals surface area contributed by atoms with Crippen LogP contribution >= 0.6 is 0 Å². The summed E-state index contributed by atoms with van der Waals surface area (Å²) in [6.45, 7) is 0.274. The van der Waals surface area contributed by atoms with Crippen LogP contribution in [0.15, 0.2) is 30.5 Å². The Morgan fingerprint density at radius 2 is 2.04 bits per heavy atom. The number of hydrogen-bond acceptors (Lipinski definition) is 3. The van der Waals surface area contributed by atoms with Crippen molar-refractivity contribution in [3.05, 3.63) is 36.0 Å². The van der Waals surface area contributed by atoms with Gasteiger partial charge in [0.15, 0.2) is 0 Å². The number of imide groups is 1. The van der Waals surface area contributed by atoms with Crippen molar-refractivity contribution in [2.75, 3.05) is 6.54 Å². The Morgan fingerprint density at radius 1 is 1.26 bits per heavy atom. The predicted molar refractivity (Wildman–Crippen MR) is 82.9 cm³/mol. The van der Waals surface area contributed by atoms with Crippen LogP contribution in [0.25, 0.3) is 10.9 Å².